The van der Waals surface area contributed by atoms with Gasteiger partial charge in [-0.15, -0.1) is 0 Å². The van der Waals surface area contributed by atoms with Gasteiger partial charge in [-0.05, 0) is 50.2 Å². The van der Waals surface area contributed by atoms with Crippen LogP contribution in [0.1, 0.15) is 29.7 Å². The van der Waals surface area contributed by atoms with Gasteiger partial charge in [0.05, 0.1) is 23.2 Å². The van der Waals surface area contributed by atoms with Crippen molar-refractivity contribution in [3.63, 3.8) is 0 Å². The normalized spacial score (nSPS) is 17.3. The molecule has 0 spiro atoms. The lowest BCUT2D eigenvalue weighted by Crippen LogP contribution is -2.29. The Hall–Kier alpha value is -4.03. The second-order valence-corrected chi connectivity index (χ2v) is 8.78. The highest BCUT2D eigenvalue weighted by Gasteiger charge is 2.47. The first kappa shape index (κ1) is 22.7. The van der Waals surface area contributed by atoms with Crippen LogP contribution in [0.2, 0.25) is 5.02 Å². The highest BCUT2D eigenvalue weighted by atomic mass is 35.5. The lowest BCUT2D eigenvalue weighted by Gasteiger charge is -2.25. The summed E-state index contributed by atoms with van der Waals surface area (Å²) in [7, 11) is 0. The summed E-state index contributed by atoms with van der Waals surface area (Å²) >= 11 is 6.43. The fourth-order valence-electron chi connectivity index (χ4n) is 4.51. The maximum Gasteiger partial charge on any atom is 0.300 e. The van der Waals surface area contributed by atoms with Crippen LogP contribution in [0, 0.1) is 6.92 Å². The Balaban J connectivity index is 1.77. The number of Topliss-reactive ketones (excluding diaryl/α,β-unsaturated/α-hetero) is 1. The number of aromatic nitrogens is 1. The van der Waals surface area contributed by atoms with Crippen molar-refractivity contribution in [3.05, 3.63) is 100 Å². The minimum Gasteiger partial charge on any atom is -0.507 e. The molecule has 176 valence electrons. The predicted molar refractivity (Wildman–Crippen MR) is 137 cm³/mol. The molecule has 1 aliphatic rings. The van der Waals surface area contributed by atoms with Gasteiger partial charge in [0.15, 0.2) is 0 Å². The number of benzene rings is 3. The van der Waals surface area contributed by atoms with Gasteiger partial charge in [0.25, 0.3) is 11.7 Å². The number of amides is 1. The number of carbonyl (C=O) groups excluding carboxylic acids is 2. The van der Waals surface area contributed by atoms with Crippen molar-refractivity contribution >= 4 is 45.6 Å². The van der Waals surface area contributed by atoms with Gasteiger partial charge in [-0.1, -0.05) is 47.5 Å². The number of anilines is 1. The number of rotatable bonds is 5. The summed E-state index contributed by atoms with van der Waals surface area (Å²) in [6.45, 7) is 4.22. The Morgan fingerprint density at radius 3 is 2.57 bits per heavy atom. The maximum atomic E-state index is 13.4. The van der Waals surface area contributed by atoms with Crippen LogP contribution in [0.4, 0.5) is 5.69 Å². The molecule has 1 aromatic heterocycles. The topological polar surface area (TPSA) is 82.6 Å². The first-order valence-corrected chi connectivity index (χ1v) is 11.6. The number of hydrogen-bond donors (Lipinski definition) is 2. The number of nitrogens with zero attached hydrogens (tertiary/aromatic N) is 1. The summed E-state index contributed by atoms with van der Waals surface area (Å²) in [4.78, 5) is 31.5. The summed E-state index contributed by atoms with van der Waals surface area (Å²) in [6.07, 6.45) is 1.77. The van der Waals surface area contributed by atoms with Gasteiger partial charge in [-0.2, -0.15) is 0 Å². The van der Waals surface area contributed by atoms with E-state index in [9.17, 15) is 14.7 Å². The molecule has 2 heterocycles. The van der Waals surface area contributed by atoms with Crippen LogP contribution in [-0.2, 0) is 9.59 Å². The van der Waals surface area contributed by atoms with Crippen LogP contribution in [0.15, 0.2) is 78.5 Å². The van der Waals surface area contributed by atoms with Crippen LogP contribution in [-0.4, -0.2) is 28.4 Å². The first-order chi connectivity index (χ1) is 16.9. The molecule has 0 radical (unpaired) electrons. The maximum absolute atomic E-state index is 13.4. The van der Waals surface area contributed by atoms with Gasteiger partial charge >= 0.3 is 0 Å². The van der Waals surface area contributed by atoms with Gasteiger partial charge in [0, 0.05) is 33.9 Å². The first-order valence-electron chi connectivity index (χ1n) is 11.3. The quantitative estimate of drug-likeness (QED) is 0.201. The van der Waals surface area contributed by atoms with E-state index < -0.39 is 17.7 Å². The molecule has 1 unspecified atom stereocenters. The van der Waals surface area contributed by atoms with Gasteiger partial charge in [-0.25, -0.2) is 0 Å². The van der Waals surface area contributed by atoms with Crippen LogP contribution in [0.25, 0.3) is 16.7 Å². The zero-order chi connectivity index (χ0) is 24.7. The molecular weight excluding hydrogens is 464 g/mol. The smallest absolute Gasteiger partial charge is 0.300 e. The van der Waals surface area contributed by atoms with E-state index in [1.807, 2.05) is 50.2 Å². The molecule has 0 bridgehead atoms. The van der Waals surface area contributed by atoms with E-state index in [-0.39, 0.29) is 21.9 Å². The molecular formula is C28H23ClN2O4. The predicted octanol–water partition coefficient (Wildman–Crippen LogP) is 6.15. The minimum atomic E-state index is -0.860. The fourth-order valence-corrected chi connectivity index (χ4v) is 4.71. The summed E-state index contributed by atoms with van der Waals surface area (Å²) in [5.74, 6) is -1.35. The monoisotopic (exact) mass is 486 g/mol. The number of aliphatic hydroxyl groups is 1. The van der Waals surface area contributed by atoms with Crippen molar-refractivity contribution in [1.82, 2.24) is 4.98 Å². The largest absolute Gasteiger partial charge is 0.507 e. The average Bonchev–Trinajstić information content (AvgIpc) is 3.39. The van der Waals surface area contributed by atoms with Crippen molar-refractivity contribution in [1.29, 1.82) is 0 Å². The Bertz CT molecular complexity index is 1490. The number of aromatic amines is 1. The molecule has 5 rings (SSSR count). The Morgan fingerprint density at radius 1 is 1.09 bits per heavy atom. The zero-order valence-electron chi connectivity index (χ0n) is 19.2. The molecule has 1 fully saturated rings. The van der Waals surface area contributed by atoms with Crippen LogP contribution in [0.3, 0.4) is 0 Å². The number of hydrogen-bond acceptors (Lipinski definition) is 4. The fraction of sp³-hybridized carbons (Fsp3) is 0.143. The summed E-state index contributed by atoms with van der Waals surface area (Å²) < 4.78 is 5.56. The molecule has 1 amide bonds. The number of para-hydroxylation sites is 1. The second-order valence-electron chi connectivity index (χ2n) is 8.37. The number of nitrogens with one attached hydrogen (secondary N) is 1. The summed E-state index contributed by atoms with van der Waals surface area (Å²) in [5.41, 5.74) is 3.32. The molecule has 3 aromatic carbocycles. The SMILES string of the molecule is CCOc1ccc(Cl)c(/C(O)=C2\C(=O)C(=O)N(c3ccc(C)cc3)C2c2c[nH]c3ccccc23)c1. The van der Waals surface area contributed by atoms with Gasteiger partial charge in [0.1, 0.15) is 11.5 Å². The lowest BCUT2D eigenvalue weighted by molar-refractivity contribution is -0.132. The molecule has 0 saturated carbocycles. The lowest BCUT2D eigenvalue weighted by atomic mass is 9.94. The Morgan fingerprint density at radius 2 is 1.83 bits per heavy atom. The molecule has 1 atom stereocenters. The summed E-state index contributed by atoms with van der Waals surface area (Å²) in [6, 6.07) is 19.0. The van der Waals surface area contributed by atoms with Crippen molar-refractivity contribution in [2.24, 2.45) is 0 Å². The molecule has 35 heavy (non-hydrogen) atoms. The molecule has 4 aromatic rings. The Labute approximate surface area is 207 Å². The molecule has 1 saturated heterocycles. The highest BCUT2D eigenvalue weighted by Crippen LogP contribution is 2.45. The number of carbonyl (C=O) groups is 2. The third-order valence-electron chi connectivity index (χ3n) is 6.18. The highest BCUT2D eigenvalue weighted by molar-refractivity contribution is 6.52. The van der Waals surface area contributed by atoms with Gasteiger partial charge in [-0.3, -0.25) is 14.5 Å². The van der Waals surface area contributed by atoms with Crippen molar-refractivity contribution in [2.45, 2.75) is 19.9 Å². The second kappa shape index (κ2) is 8.96. The van der Waals surface area contributed by atoms with E-state index >= 15 is 0 Å². The number of ketones is 1. The number of fused-ring (bicyclic) bond motifs is 1. The van der Waals surface area contributed by atoms with Crippen molar-refractivity contribution in [2.75, 3.05) is 11.5 Å². The molecule has 6 nitrogen and oxygen atoms in total. The third kappa shape index (κ3) is 3.86. The standard InChI is InChI=1S/C28H23ClN2O4/c1-3-35-18-12-13-22(29)20(14-18)26(32)24-25(21-15-30-23-7-5-4-6-19(21)23)31(28(34)27(24)33)17-10-8-16(2)9-11-17/h4-15,25,30,32H,3H2,1-2H3/b26-24+. The van der Waals surface area contributed by atoms with E-state index in [0.717, 1.165) is 16.5 Å². The Kier molecular flexibility index (Phi) is 5.83. The number of aliphatic hydroxyl groups excluding tert-OH is 1. The van der Waals surface area contributed by atoms with Crippen molar-refractivity contribution in [3.8, 4) is 5.75 Å². The molecule has 0 aliphatic carbocycles. The number of halogens is 1. The number of ether oxygens (including phenoxy) is 1. The average molecular weight is 487 g/mol. The van der Waals surface area contributed by atoms with Crippen molar-refractivity contribution < 1.29 is 19.4 Å². The van der Waals surface area contributed by atoms with E-state index in [1.165, 1.54) is 4.90 Å². The number of H-pyrrole nitrogens is 1. The number of aryl methyl sites for hydroxylation is 1. The van der Waals surface area contributed by atoms with E-state index in [4.69, 9.17) is 16.3 Å². The van der Waals surface area contributed by atoms with E-state index in [1.54, 1.807) is 36.5 Å². The third-order valence-corrected chi connectivity index (χ3v) is 6.51. The summed E-state index contributed by atoms with van der Waals surface area (Å²) in [5, 5.41) is 12.5. The van der Waals surface area contributed by atoms with Crippen LogP contribution >= 0.6 is 11.6 Å². The molecule has 2 N–H and O–H groups in total. The molecule has 1 aliphatic heterocycles. The van der Waals surface area contributed by atoms with Crippen LogP contribution < -0.4 is 9.64 Å². The van der Waals surface area contributed by atoms with E-state index in [0.29, 0.717) is 23.6 Å². The van der Waals surface area contributed by atoms with Crippen LogP contribution in [0.5, 0.6) is 5.75 Å². The zero-order valence-corrected chi connectivity index (χ0v) is 20.0. The van der Waals surface area contributed by atoms with Gasteiger partial charge in [0.2, 0.25) is 0 Å². The molecule has 7 heteroatoms. The van der Waals surface area contributed by atoms with E-state index in [2.05, 4.69) is 4.98 Å². The van der Waals surface area contributed by atoms with Gasteiger partial charge < -0.3 is 14.8 Å². The minimum absolute atomic E-state index is 0.0316.